The summed E-state index contributed by atoms with van der Waals surface area (Å²) in [7, 11) is 0. The van der Waals surface area contributed by atoms with Crippen molar-refractivity contribution in [3.05, 3.63) is 35.6 Å². The topological polar surface area (TPSA) is 46.3 Å². The Balaban J connectivity index is 1.93. The fourth-order valence-corrected chi connectivity index (χ4v) is 2.60. The summed E-state index contributed by atoms with van der Waals surface area (Å²) in [4.78, 5) is 13.0. The Hall–Kier alpha value is -1.42. The summed E-state index contributed by atoms with van der Waals surface area (Å²) in [5.41, 5.74) is 7.12. The molecule has 2 rings (SSSR count). The van der Waals surface area contributed by atoms with Gasteiger partial charge in [0.05, 0.1) is 6.17 Å². The van der Waals surface area contributed by atoms with E-state index >= 15 is 0 Å². The van der Waals surface area contributed by atoms with Gasteiger partial charge in [0, 0.05) is 13.5 Å². The van der Waals surface area contributed by atoms with Gasteiger partial charge in [-0.1, -0.05) is 12.1 Å². The average molecular weight is 250 g/mol. The fourth-order valence-electron chi connectivity index (χ4n) is 2.60. The molecule has 4 heteroatoms. The molecule has 1 saturated heterocycles. The molecule has 0 aliphatic carbocycles. The Labute approximate surface area is 107 Å². The number of carbonyl (C=O) groups is 1. The highest BCUT2D eigenvalue weighted by molar-refractivity contribution is 5.73. The summed E-state index contributed by atoms with van der Waals surface area (Å²) >= 11 is 0. The van der Waals surface area contributed by atoms with E-state index in [4.69, 9.17) is 5.73 Å². The Kier molecular flexibility index (Phi) is 3.97. The second-order valence-corrected chi connectivity index (χ2v) is 5.00. The molecule has 98 valence electrons. The monoisotopic (exact) mass is 250 g/mol. The van der Waals surface area contributed by atoms with Crippen LogP contribution in [-0.2, 0) is 11.2 Å². The fraction of sp³-hybridized carbons (Fsp3) is 0.500. The molecule has 2 N–H and O–H groups in total. The maximum absolute atomic E-state index is 12.8. The van der Waals surface area contributed by atoms with Crippen molar-refractivity contribution in [2.75, 3.05) is 6.54 Å². The quantitative estimate of drug-likeness (QED) is 0.871. The number of nitrogens with zero attached hydrogens (tertiary/aromatic N) is 1. The van der Waals surface area contributed by atoms with E-state index in [0.29, 0.717) is 5.92 Å². The van der Waals surface area contributed by atoms with Gasteiger partial charge in [-0.25, -0.2) is 4.39 Å². The number of hydrogen-bond donors (Lipinski definition) is 1. The Bertz CT molecular complexity index is 418. The smallest absolute Gasteiger partial charge is 0.220 e. The predicted octanol–water partition coefficient (Wildman–Crippen LogP) is 1.91. The first-order valence-electron chi connectivity index (χ1n) is 6.33. The maximum atomic E-state index is 12.8. The van der Waals surface area contributed by atoms with Gasteiger partial charge in [0.2, 0.25) is 5.91 Å². The number of hydrogen-bond acceptors (Lipinski definition) is 2. The van der Waals surface area contributed by atoms with E-state index in [9.17, 15) is 9.18 Å². The van der Waals surface area contributed by atoms with Crippen LogP contribution in [0.15, 0.2) is 24.3 Å². The van der Waals surface area contributed by atoms with Crippen molar-refractivity contribution in [2.24, 2.45) is 11.7 Å². The Morgan fingerprint density at radius 3 is 2.67 bits per heavy atom. The summed E-state index contributed by atoms with van der Waals surface area (Å²) < 4.78 is 12.8. The number of halogens is 1. The second kappa shape index (κ2) is 5.48. The van der Waals surface area contributed by atoms with Crippen molar-refractivity contribution in [1.29, 1.82) is 0 Å². The van der Waals surface area contributed by atoms with Crippen LogP contribution in [0.4, 0.5) is 4.39 Å². The molecule has 0 bridgehead atoms. The minimum absolute atomic E-state index is 0.0442. The minimum atomic E-state index is -0.207. The average Bonchev–Trinajstić information content (AvgIpc) is 2.32. The molecule has 3 nitrogen and oxygen atoms in total. The highest BCUT2D eigenvalue weighted by Crippen LogP contribution is 2.24. The second-order valence-electron chi connectivity index (χ2n) is 5.00. The van der Waals surface area contributed by atoms with Gasteiger partial charge in [-0.2, -0.15) is 0 Å². The molecule has 18 heavy (non-hydrogen) atoms. The van der Waals surface area contributed by atoms with Crippen LogP contribution in [0.5, 0.6) is 0 Å². The highest BCUT2D eigenvalue weighted by Gasteiger charge is 2.27. The van der Waals surface area contributed by atoms with E-state index in [1.807, 2.05) is 12.1 Å². The predicted molar refractivity (Wildman–Crippen MR) is 68.2 cm³/mol. The lowest BCUT2D eigenvalue weighted by Gasteiger charge is -2.36. The lowest BCUT2D eigenvalue weighted by molar-refractivity contribution is -0.133. The van der Waals surface area contributed by atoms with Crippen LogP contribution in [-0.4, -0.2) is 23.5 Å². The number of carbonyl (C=O) groups excluding carboxylic acids is 1. The molecule has 0 aromatic heterocycles. The third-order valence-corrected chi connectivity index (χ3v) is 3.60. The zero-order chi connectivity index (χ0) is 13.1. The third-order valence-electron chi connectivity index (χ3n) is 3.60. The van der Waals surface area contributed by atoms with E-state index in [2.05, 4.69) is 0 Å². The number of nitrogens with two attached hydrogens (primary N) is 1. The largest absolute Gasteiger partial charge is 0.328 e. The molecule has 2 atom stereocenters. The van der Waals surface area contributed by atoms with Crippen molar-refractivity contribution < 1.29 is 9.18 Å². The molecule has 0 saturated carbocycles. The van der Waals surface area contributed by atoms with Crippen LogP contribution in [0, 0.1) is 11.7 Å². The molecular formula is C14H19FN2O. The SMILES string of the molecule is CC(=O)N1CCC(Cc2ccc(F)cc2)CC1N. The summed E-state index contributed by atoms with van der Waals surface area (Å²) in [6, 6.07) is 6.61. The maximum Gasteiger partial charge on any atom is 0.220 e. The van der Waals surface area contributed by atoms with Crippen molar-refractivity contribution in [1.82, 2.24) is 4.90 Å². The van der Waals surface area contributed by atoms with E-state index in [-0.39, 0.29) is 17.9 Å². The standard InChI is InChI=1S/C14H19FN2O/c1-10(18)17-7-6-12(9-14(17)16)8-11-2-4-13(15)5-3-11/h2-5,12,14H,6-9,16H2,1H3. The molecular weight excluding hydrogens is 231 g/mol. The summed E-state index contributed by atoms with van der Waals surface area (Å²) in [5.74, 6) is 0.311. The zero-order valence-electron chi connectivity index (χ0n) is 10.6. The lowest BCUT2D eigenvalue weighted by atomic mass is 9.88. The van der Waals surface area contributed by atoms with Gasteiger partial charge in [-0.3, -0.25) is 4.79 Å². The molecule has 1 amide bonds. The molecule has 1 aliphatic heterocycles. The van der Waals surface area contributed by atoms with Gasteiger partial charge in [-0.05, 0) is 42.9 Å². The summed E-state index contributed by atoms with van der Waals surface area (Å²) in [5, 5.41) is 0. The van der Waals surface area contributed by atoms with Gasteiger partial charge < -0.3 is 10.6 Å². The van der Waals surface area contributed by atoms with Gasteiger partial charge in [0.1, 0.15) is 5.82 Å². The molecule has 1 aliphatic rings. The van der Waals surface area contributed by atoms with Crippen LogP contribution in [0.1, 0.15) is 25.3 Å². The molecule has 0 radical (unpaired) electrons. The van der Waals surface area contributed by atoms with Crippen LogP contribution in [0.25, 0.3) is 0 Å². The Morgan fingerprint density at radius 2 is 2.11 bits per heavy atom. The normalized spacial score (nSPS) is 24.1. The molecule has 1 fully saturated rings. The first-order valence-corrected chi connectivity index (χ1v) is 6.33. The van der Waals surface area contributed by atoms with Crippen LogP contribution in [0.3, 0.4) is 0 Å². The third kappa shape index (κ3) is 3.07. The van der Waals surface area contributed by atoms with Crippen molar-refractivity contribution in [3.63, 3.8) is 0 Å². The summed E-state index contributed by atoms with van der Waals surface area (Å²) in [6.07, 6.45) is 2.50. The van der Waals surface area contributed by atoms with E-state index in [0.717, 1.165) is 31.4 Å². The number of rotatable bonds is 2. The molecule has 2 unspecified atom stereocenters. The first kappa shape index (κ1) is 13.0. The number of piperidine rings is 1. The molecule has 1 aromatic rings. The van der Waals surface area contributed by atoms with Crippen LogP contribution in [0.2, 0.25) is 0 Å². The number of likely N-dealkylation sites (tertiary alicyclic amines) is 1. The summed E-state index contributed by atoms with van der Waals surface area (Å²) in [6.45, 7) is 2.28. The van der Waals surface area contributed by atoms with Gasteiger partial charge in [-0.15, -0.1) is 0 Å². The van der Waals surface area contributed by atoms with Gasteiger partial charge >= 0.3 is 0 Å². The van der Waals surface area contributed by atoms with Gasteiger partial charge in [0.25, 0.3) is 0 Å². The molecule has 0 spiro atoms. The van der Waals surface area contributed by atoms with Crippen molar-refractivity contribution in [2.45, 2.75) is 32.4 Å². The van der Waals surface area contributed by atoms with Crippen molar-refractivity contribution in [3.8, 4) is 0 Å². The van der Waals surface area contributed by atoms with E-state index < -0.39 is 0 Å². The molecule has 1 aromatic carbocycles. The van der Waals surface area contributed by atoms with Crippen molar-refractivity contribution >= 4 is 5.91 Å². The van der Waals surface area contributed by atoms with E-state index in [1.54, 1.807) is 11.8 Å². The molecule has 1 heterocycles. The van der Waals surface area contributed by atoms with Crippen LogP contribution < -0.4 is 5.73 Å². The number of amides is 1. The zero-order valence-corrected chi connectivity index (χ0v) is 10.6. The minimum Gasteiger partial charge on any atom is -0.328 e. The first-order chi connectivity index (χ1) is 8.56. The highest BCUT2D eigenvalue weighted by atomic mass is 19.1. The lowest BCUT2D eigenvalue weighted by Crippen LogP contribution is -2.50. The van der Waals surface area contributed by atoms with Gasteiger partial charge in [0.15, 0.2) is 0 Å². The van der Waals surface area contributed by atoms with Crippen LogP contribution >= 0.6 is 0 Å². The van der Waals surface area contributed by atoms with E-state index in [1.165, 1.54) is 12.1 Å². The number of benzene rings is 1. The Morgan fingerprint density at radius 1 is 1.44 bits per heavy atom.